The monoisotopic (exact) mass is 559 g/mol. The van der Waals surface area contributed by atoms with Gasteiger partial charge in [0.2, 0.25) is 0 Å². The molecular formula is C33H38FN3O4. The summed E-state index contributed by atoms with van der Waals surface area (Å²) in [4.78, 5) is 6.75. The number of ether oxygens (including phenoxy) is 3. The number of nitrogens with one attached hydrogen (secondary N) is 1. The molecule has 216 valence electrons. The van der Waals surface area contributed by atoms with Gasteiger partial charge in [0.05, 0.1) is 18.7 Å². The van der Waals surface area contributed by atoms with Gasteiger partial charge in [-0.1, -0.05) is 32.9 Å². The molecule has 3 aromatic carbocycles. The van der Waals surface area contributed by atoms with Gasteiger partial charge in [-0.15, -0.1) is 0 Å². The molecule has 0 atom stereocenters. The maximum absolute atomic E-state index is 15.1. The van der Waals surface area contributed by atoms with Crippen molar-refractivity contribution in [3.63, 3.8) is 0 Å². The molecule has 5 rings (SSSR count). The SMILES string of the molecule is COc1cc2c(Oc3ccc(Nc4ccc(C(C)(C)C)cc4)cc3F)ccnc2cc1OCCN1CCC(O)CC1. The molecular weight excluding hydrogens is 521 g/mol. The van der Waals surface area contributed by atoms with Gasteiger partial charge in [-0.3, -0.25) is 9.88 Å². The molecule has 2 heterocycles. The van der Waals surface area contributed by atoms with Crippen molar-refractivity contribution in [1.82, 2.24) is 9.88 Å². The topological polar surface area (TPSA) is 76.1 Å². The normalized spacial score (nSPS) is 14.7. The summed E-state index contributed by atoms with van der Waals surface area (Å²) >= 11 is 0. The molecule has 0 radical (unpaired) electrons. The predicted octanol–water partition coefficient (Wildman–Crippen LogP) is 7.05. The zero-order valence-corrected chi connectivity index (χ0v) is 24.1. The highest BCUT2D eigenvalue weighted by molar-refractivity contribution is 5.88. The highest BCUT2D eigenvalue weighted by Crippen LogP contribution is 2.38. The number of pyridine rings is 1. The summed E-state index contributed by atoms with van der Waals surface area (Å²) in [6.45, 7) is 9.48. The Morgan fingerprint density at radius 1 is 0.927 bits per heavy atom. The molecule has 1 saturated heterocycles. The number of methoxy groups -OCH3 is 1. The Hall–Kier alpha value is -3.88. The van der Waals surface area contributed by atoms with E-state index in [4.69, 9.17) is 14.2 Å². The lowest BCUT2D eigenvalue weighted by molar-refractivity contribution is 0.0753. The van der Waals surface area contributed by atoms with Crippen molar-refractivity contribution in [2.45, 2.75) is 45.1 Å². The number of anilines is 2. The van der Waals surface area contributed by atoms with Crippen LogP contribution in [0.15, 0.2) is 66.9 Å². The second-order valence-corrected chi connectivity index (χ2v) is 11.5. The zero-order valence-electron chi connectivity index (χ0n) is 24.1. The zero-order chi connectivity index (χ0) is 29.0. The van der Waals surface area contributed by atoms with E-state index in [1.54, 1.807) is 37.6 Å². The van der Waals surface area contributed by atoms with Crippen LogP contribution >= 0.6 is 0 Å². The van der Waals surface area contributed by atoms with E-state index in [9.17, 15) is 5.11 Å². The smallest absolute Gasteiger partial charge is 0.167 e. The number of hydrogen-bond donors (Lipinski definition) is 2. The molecule has 0 saturated carbocycles. The first-order valence-corrected chi connectivity index (χ1v) is 14.0. The summed E-state index contributed by atoms with van der Waals surface area (Å²) in [5, 5.41) is 13.6. The highest BCUT2D eigenvalue weighted by Gasteiger charge is 2.18. The fourth-order valence-corrected chi connectivity index (χ4v) is 4.92. The minimum atomic E-state index is -0.483. The molecule has 1 aliphatic heterocycles. The fraction of sp³-hybridized carbons (Fsp3) is 0.364. The van der Waals surface area contributed by atoms with Gasteiger partial charge in [0, 0.05) is 54.7 Å². The van der Waals surface area contributed by atoms with Gasteiger partial charge >= 0.3 is 0 Å². The number of nitrogens with zero attached hydrogens (tertiary/aromatic N) is 2. The third-order valence-corrected chi connectivity index (χ3v) is 7.40. The van der Waals surface area contributed by atoms with Gasteiger partial charge in [0.15, 0.2) is 23.1 Å². The van der Waals surface area contributed by atoms with Crippen molar-refractivity contribution < 1.29 is 23.7 Å². The second kappa shape index (κ2) is 12.3. The van der Waals surface area contributed by atoms with Gasteiger partial charge in [0.25, 0.3) is 0 Å². The predicted molar refractivity (Wildman–Crippen MR) is 160 cm³/mol. The number of halogens is 1. The van der Waals surface area contributed by atoms with Crippen LogP contribution in [0.3, 0.4) is 0 Å². The van der Waals surface area contributed by atoms with Crippen LogP contribution < -0.4 is 19.5 Å². The van der Waals surface area contributed by atoms with Crippen molar-refractivity contribution in [2.75, 3.05) is 38.7 Å². The molecule has 1 aliphatic rings. The van der Waals surface area contributed by atoms with Gasteiger partial charge in [0.1, 0.15) is 12.4 Å². The van der Waals surface area contributed by atoms with Crippen LogP contribution in [0.25, 0.3) is 10.9 Å². The van der Waals surface area contributed by atoms with E-state index in [0.29, 0.717) is 40.4 Å². The van der Waals surface area contributed by atoms with Crippen molar-refractivity contribution in [1.29, 1.82) is 0 Å². The molecule has 8 heteroatoms. The summed E-state index contributed by atoms with van der Waals surface area (Å²) in [6.07, 6.45) is 3.01. The molecule has 41 heavy (non-hydrogen) atoms. The van der Waals surface area contributed by atoms with Crippen LogP contribution in [0.2, 0.25) is 0 Å². The molecule has 0 spiro atoms. The number of piperidine rings is 1. The van der Waals surface area contributed by atoms with E-state index in [2.05, 4.69) is 48.1 Å². The lowest BCUT2D eigenvalue weighted by atomic mass is 9.87. The number of aromatic nitrogens is 1. The quantitative estimate of drug-likeness (QED) is 0.228. The molecule has 0 amide bonds. The number of benzene rings is 3. The molecule has 7 nitrogen and oxygen atoms in total. The van der Waals surface area contributed by atoms with Crippen LogP contribution in [-0.2, 0) is 5.41 Å². The van der Waals surface area contributed by atoms with Crippen molar-refractivity contribution in [3.05, 3.63) is 78.2 Å². The van der Waals surface area contributed by atoms with E-state index in [1.165, 1.54) is 11.6 Å². The van der Waals surface area contributed by atoms with Crippen molar-refractivity contribution >= 4 is 22.3 Å². The molecule has 2 N–H and O–H groups in total. The third kappa shape index (κ3) is 7.07. The number of likely N-dealkylation sites (tertiary alicyclic amines) is 1. The summed E-state index contributed by atoms with van der Waals surface area (Å²) < 4.78 is 32.8. The molecule has 0 bridgehead atoms. The van der Waals surface area contributed by atoms with E-state index in [0.717, 1.165) is 38.2 Å². The van der Waals surface area contributed by atoms with Crippen LogP contribution in [0.5, 0.6) is 23.0 Å². The first-order valence-electron chi connectivity index (χ1n) is 14.0. The molecule has 1 aromatic heterocycles. The summed E-state index contributed by atoms with van der Waals surface area (Å²) in [7, 11) is 1.58. The number of aliphatic hydroxyl groups is 1. The fourth-order valence-electron chi connectivity index (χ4n) is 4.92. The first kappa shape index (κ1) is 28.6. The molecule has 1 fully saturated rings. The average molecular weight is 560 g/mol. The average Bonchev–Trinajstić information content (AvgIpc) is 2.95. The maximum atomic E-state index is 15.1. The van der Waals surface area contributed by atoms with E-state index < -0.39 is 5.82 Å². The summed E-state index contributed by atoms with van der Waals surface area (Å²) in [5.41, 5.74) is 3.46. The largest absolute Gasteiger partial charge is 0.493 e. The van der Waals surface area contributed by atoms with Gasteiger partial charge in [-0.25, -0.2) is 4.39 Å². The number of aliphatic hydroxyl groups excluding tert-OH is 1. The van der Waals surface area contributed by atoms with Crippen LogP contribution in [0, 0.1) is 5.82 Å². The minimum absolute atomic E-state index is 0.0677. The summed E-state index contributed by atoms with van der Waals surface area (Å²) in [6, 6.07) is 18.3. The molecule has 4 aromatic rings. The molecule has 0 unspecified atom stereocenters. The Balaban J connectivity index is 1.28. The highest BCUT2D eigenvalue weighted by atomic mass is 19.1. The van der Waals surface area contributed by atoms with E-state index >= 15 is 4.39 Å². The van der Waals surface area contributed by atoms with Gasteiger partial charge in [-0.2, -0.15) is 0 Å². The van der Waals surface area contributed by atoms with E-state index in [1.807, 2.05) is 18.2 Å². The van der Waals surface area contributed by atoms with Crippen molar-refractivity contribution in [3.8, 4) is 23.0 Å². The number of rotatable bonds is 9. The molecule has 0 aliphatic carbocycles. The Morgan fingerprint density at radius 2 is 1.66 bits per heavy atom. The number of fused-ring (bicyclic) bond motifs is 1. The Kier molecular flexibility index (Phi) is 8.61. The standard InChI is InChI=1S/C33H38FN3O4/c1-33(2,3)22-5-7-23(8-6-22)36-24-9-10-30(27(34)19-24)41-29-11-14-35-28-21-32(31(39-4)20-26(28)29)40-18-17-37-15-12-25(38)13-16-37/h5-11,14,19-21,25,36,38H,12-13,15-18H2,1-4H3. The van der Waals surface area contributed by atoms with Gasteiger partial charge in [-0.05, 0) is 60.2 Å². The third-order valence-electron chi connectivity index (χ3n) is 7.40. The minimum Gasteiger partial charge on any atom is -0.493 e. The Bertz CT molecular complexity index is 1480. The van der Waals surface area contributed by atoms with Crippen LogP contribution in [-0.4, -0.2) is 54.4 Å². The van der Waals surface area contributed by atoms with Crippen LogP contribution in [0.1, 0.15) is 39.2 Å². The second-order valence-electron chi connectivity index (χ2n) is 11.5. The lowest BCUT2D eigenvalue weighted by Crippen LogP contribution is -2.38. The Morgan fingerprint density at radius 3 is 2.34 bits per heavy atom. The van der Waals surface area contributed by atoms with Crippen LogP contribution in [0.4, 0.5) is 15.8 Å². The van der Waals surface area contributed by atoms with E-state index in [-0.39, 0.29) is 17.3 Å². The summed E-state index contributed by atoms with van der Waals surface area (Å²) in [5.74, 6) is 1.21. The maximum Gasteiger partial charge on any atom is 0.167 e. The lowest BCUT2D eigenvalue weighted by Gasteiger charge is -2.29. The first-order chi connectivity index (χ1) is 19.7. The van der Waals surface area contributed by atoms with Gasteiger partial charge < -0.3 is 24.6 Å². The number of hydrogen-bond acceptors (Lipinski definition) is 7. The van der Waals surface area contributed by atoms with Crippen molar-refractivity contribution in [2.24, 2.45) is 0 Å². The Labute approximate surface area is 240 Å².